The summed E-state index contributed by atoms with van der Waals surface area (Å²) >= 11 is 0. The first-order valence-corrected chi connectivity index (χ1v) is 6.37. The van der Waals surface area contributed by atoms with Crippen LogP contribution in [0.5, 0.6) is 5.75 Å². The highest BCUT2D eigenvalue weighted by Crippen LogP contribution is 2.23. The maximum absolute atomic E-state index is 13.6. The van der Waals surface area contributed by atoms with Gasteiger partial charge in [-0.25, -0.2) is 4.39 Å². The van der Waals surface area contributed by atoms with Crippen LogP contribution in [0.25, 0.3) is 0 Å². The minimum absolute atomic E-state index is 0.0446. The molecule has 6 nitrogen and oxygen atoms in total. The third-order valence-electron chi connectivity index (χ3n) is 3.01. The van der Waals surface area contributed by atoms with Gasteiger partial charge < -0.3 is 10.1 Å². The van der Waals surface area contributed by atoms with Gasteiger partial charge in [-0.05, 0) is 24.3 Å². The Morgan fingerprint density at radius 2 is 2.05 bits per heavy atom. The molecule has 0 saturated heterocycles. The Morgan fingerprint density at radius 3 is 2.68 bits per heavy atom. The smallest absolute Gasteiger partial charge is 0.292 e. The van der Waals surface area contributed by atoms with Crippen LogP contribution in [0, 0.1) is 15.9 Å². The molecule has 114 valence electrons. The molecule has 0 aliphatic carbocycles. The lowest BCUT2D eigenvalue weighted by Gasteiger charge is -2.07. The van der Waals surface area contributed by atoms with Gasteiger partial charge in [0.05, 0.1) is 18.6 Å². The summed E-state index contributed by atoms with van der Waals surface area (Å²) in [5, 5.41) is 13.6. The van der Waals surface area contributed by atoms with Gasteiger partial charge in [0.1, 0.15) is 5.69 Å². The number of hydrogen-bond acceptors (Lipinski definition) is 5. The van der Waals surface area contributed by atoms with Crippen molar-refractivity contribution in [3.8, 4) is 5.75 Å². The van der Waals surface area contributed by atoms with E-state index in [2.05, 4.69) is 5.32 Å². The lowest BCUT2D eigenvalue weighted by molar-refractivity contribution is -0.383. The summed E-state index contributed by atoms with van der Waals surface area (Å²) in [6.45, 7) is -0.184. The molecule has 0 bridgehead atoms. The van der Waals surface area contributed by atoms with Crippen LogP contribution in [0.3, 0.4) is 0 Å². The van der Waals surface area contributed by atoms with Crippen LogP contribution in [-0.2, 0) is 0 Å². The molecule has 0 aromatic heterocycles. The average molecular weight is 304 g/mol. The summed E-state index contributed by atoms with van der Waals surface area (Å²) in [5.41, 5.74) is 0.260. The van der Waals surface area contributed by atoms with Gasteiger partial charge in [0.15, 0.2) is 17.3 Å². The largest absolute Gasteiger partial charge is 0.494 e. The van der Waals surface area contributed by atoms with Crippen LogP contribution in [0.15, 0.2) is 42.5 Å². The van der Waals surface area contributed by atoms with Gasteiger partial charge in [0.2, 0.25) is 0 Å². The van der Waals surface area contributed by atoms with E-state index in [1.165, 1.54) is 37.4 Å². The molecule has 0 aliphatic heterocycles. The number of halogens is 1. The van der Waals surface area contributed by atoms with E-state index in [9.17, 15) is 19.3 Å². The maximum Gasteiger partial charge on any atom is 0.292 e. The highest BCUT2D eigenvalue weighted by Gasteiger charge is 2.14. The summed E-state index contributed by atoms with van der Waals surface area (Å²) in [6.07, 6.45) is 0. The van der Waals surface area contributed by atoms with Crippen molar-refractivity contribution in [1.82, 2.24) is 0 Å². The van der Waals surface area contributed by atoms with Crippen molar-refractivity contribution < 1.29 is 18.8 Å². The fourth-order valence-corrected chi connectivity index (χ4v) is 1.90. The normalized spacial score (nSPS) is 10.1. The van der Waals surface area contributed by atoms with Crippen molar-refractivity contribution in [2.75, 3.05) is 19.0 Å². The number of carbonyl (C=O) groups is 1. The van der Waals surface area contributed by atoms with E-state index in [0.717, 1.165) is 6.07 Å². The molecule has 0 aliphatic rings. The standard InChI is InChI=1S/C15H13FN2O4/c1-22-15-7-6-10(8-11(15)16)14(19)9-17-12-4-2-3-5-13(12)18(20)21/h2-8,17H,9H2,1H3. The fourth-order valence-electron chi connectivity index (χ4n) is 1.90. The van der Waals surface area contributed by atoms with E-state index in [1.807, 2.05) is 0 Å². The van der Waals surface area contributed by atoms with Crippen LogP contribution in [0.1, 0.15) is 10.4 Å². The van der Waals surface area contributed by atoms with Gasteiger partial charge in [-0.2, -0.15) is 0 Å². The zero-order valence-corrected chi connectivity index (χ0v) is 11.7. The van der Waals surface area contributed by atoms with Crippen molar-refractivity contribution in [3.63, 3.8) is 0 Å². The quantitative estimate of drug-likeness (QED) is 0.504. The summed E-state index contributed by atoms with van der Waals surface area (Å²) in [7, 11) is 1.33. The summed E-state index contributed by atoms with van der Waals surface area (Å²) < 4.78 is 18.3. The van der Waals surface area contributed by atoms with Crippen LogP contribution in [-0.4, -0.2) is 24.4 Å². The second-order valence-corrected chi connectivity index (χ2v) is 4.40. The van der Waals surface area contributed by atoms with E-state index in [4.69, 9.17) is 4.74 Å². The van der Waals surface area contributed by atoms with E-state index in [0.29, 0.717) is 0 Å². The minimum Gasteiger partial charge on any atom is -0.494 e. The highest BCUT2D eigenvalue weighted by molar-refractivity contribution is 5.99. The molecule has 0 amide bonds. The topological polar surface area (TPSA) is 81.5 Å². The Morgan fingerprint density at radius 1 is 1.32 bits per heavy atom. The molecule has 0 spiro atoms. The van der Waals surface area contributed by atoms with Gasteiger partial charge in [0.25, 0.3) is 5.69 Å². The predicted octanol–water partition coefficient (Wildman–Crippen LogP) is 3.04. The molecule has 2 aromatic carbocycles. The number of para-hydroxylation sites is 2. The SMILES string of the molecule is COc1ccc(C(=O)CNc2ccccc2[N+](=O)[O-])cc1F. The van der Waals surface area contributed by atoms with Crippen molar-refractivity contribution in [3.05, 3.63) is 64.0 Å². The number of hydrogen-bond donors (Lipinski definition) is 1. The number of nitro benzene ring substituents is 1. The highest BCUT2D eigenvalue weighted by atomic mass is 19.1. The lowest BCUT2D eigenvalue weighted by Crippen LogP contribution is -2.15. The van der Waals surface area contributed by atoms with Crippen LogP contribution in [0.2, 0.25) is 0 Å². The van der Waals surface area contributed by atoms with Crippen molar-refractivity contribution in [2.45, 2.75) is 0 Å². The Hall–Kier alpha value is -2.96. The molecule has 2 aromatic rings. The zero-order valence-electron chi connectivity index (χ0n) is 11.7. The molecule has 1 N–H and O–H groups in total. The molecule has 0 fully saturated rings. The number of anilines is 1. The van der Waals surface area contributed by atoms with Gasteiger partial charge in [-0.1, -0.05) is 12.1 Å². The zero-order chi connectivity index (χ0) is 16.1. The van der Waals surface area contributed by atoms with Crippen LogP contribution in [0.4, 0.5) is 15.8 Å². The number of methoxy groups -OCH3 is 1. The van der Waals surface area contributed by atoms with Crippen LogP contribution >= 0.6 is 0 Å². The first-order chi connectivity index (χ1) is 10.5. The average Bonchev–Trinajstić information content (AvgIpc) is 2.52. The molecule has 2 rings (SSSR count). The molecule has 0 saturated carbocycles. The second kappa shape index (κ2) is 6.66. The molecule has 0 unspecified atom stereocenters. The Bertz CT molecular complexity index is 718. The van der Waals surface area contributed by atoms with Gasteiger partial charge >= 0.3 is 0 Å². The predicted molar refractivity (Wildman–Crippen MR) is 78.9 cm³/mol. The van der Waals surface area contributed by atoms with Crippen LogP contribution < -0.4 is 10.1 Å². The molecule has 0 radical (unpaired) electrons. The molecule has 22 heavy (non-hydrogen) atoms. The molecule has 0 atom stereocenters. The second-order valence-electron chi connectivity index (χ2n) is 4.40. The Labute approximate surface area is 125 Å². The Balaban J connectivity index is 2.10. The fraction of sp³-hybridized carbons (Fsp3) is 0.133. The monoisotopic (exact) mass is 304 g/mol. The number of benzene rings is 2. The third-order valence-corrected chi connectivity index (χ3v) is 3.01. The number of nitrogens with one attached hydrogen (secondary N) is 1. The first kappa shape index (κ1) is 15.4. The molecular weight excluding hydrogens is 291 g/mol. The number of ketones is 1. The number of Topliss-reactive ketones (excluding diaryl/α,β-unsaturated/α-hetero) is 1. The van der Waals surface area contributed by atoms with E-state index in [-0.39, 0.29) is 35.0 Å². The van der Waals surface area contributed by atoms with Crippen molar-refractivity contribution in [1.29, 1.82) is 0 Å². The maximum atomic E-state index is 13.6. The number of nitro groups is 1. The van der Waals surface area contributed by atoms with Crippen molar-refractivity contribution in [2.24, 2.45) is 0 Å². The Kier molecular flexibility index (Phi) is 4.67. The first-order valence-electron chi connectivity index (χ1n) is 6.37. The number of carbonyl (C=O) groups excluding carboxylic acids is 1. The van der Waals surface area contributed by atoms with Gasteiger partial charge in [0, 0.05) is 11.6 Å². The van der Waals surface area contributed by atoms with Gasteiger partial charge in [-0.15, -0.1) is 0 Å². The minimum atomic E-state index is -0.640. The number of rotatable bonds is 6. The summed E-state index contributed by atoms with van der Waals surface area (Å²) in [4.78, 5) is 22.3. The van der Waals surface area contributed by atoms with Gasteiger partial charge in [-0.3, -0.25) is 14.9 Å². The van der Waals surface area contributed by atoms with E-state index < -0.39 is 10.7 Å². The number of nitrogens with zero attached hydrogens (tertiary/aromatic N) is 1. The van der Waals surface area contributed by atoms with E-state index in [1.54, 1.807) is 6.07 Å². The molecular formula is C15H13FN2O4. The van der Waals surface area contributed by atoms with Crippen molar-refractivity contribution >= 4 is 17.2 Å². The molecule has 0 heterocycles. The third kappa shape index (κ3) is 3.38. The summed E-state index contributed by atoms with van der Waals surface area (Å²) in [5.74, 6) is -0.984. The van der Waals surface area contributed by atoms with E-state index >= 15 is 0 Å². The molecule has 7 heteroatoms. The summed E-state index contributed by atoms with van der Waals surface area (Å²) in [6, 6.07) is 9.85. The lowest BCUT2D eigenvalue weighted by atomic mass is 10.1. The number of ether oxygens (including phenoxy) is 1.